The topological polar surface area (TPSA) is 163 Å². The zero-order valence-corrected chi connectivity index (χ0v) is 23.0. The number of likely N-dealkylation sites (tertiary alicyclic amines) is 1. The van der Waals surface area contributed by atoms with Crippen LogP contribution in [0.1, 0.15) is 61.0 Å². The number of hydrogen-bond acceptors (Lipinski definition) is 6. The lowest BCUT2D eigenvalue weighted by Crippen LogP contribution is -2.44. The minimum Gasteiger partial charge on any atom is -0.480 e. The van der Waals surface area contributed by atoms with Crippen LogP contribution in [0, 0.1) is 11.3 Å². The summed E-state index contributed by atoms with van der Waals surface area (Å²) in [5.41, 5.74) is 12.2. The number of allylic oxidation sites excluding steroid dienone is 3. The van der Waals surface area contributed by atoms with Gasteiger partial charge in [-0.2, -0.15) is 5.26 Å². The smallest absolute Gasteiger partial charge is 0.318 e. The van der Waals surface area contributed by atoms with Gasteiger partial charge >= 0.3 is 5.97 Å². The Labute approximate surface area is 231 Å². The van der Waals surface area contributed by atoms with Crippen LogP contribution >= 0.6 is 0 Å². The van der Waals surface area contributed by atoms with Crippen molar-refractivity contribution in [2.45, 2.75) is 57.4 Å². The Morgan fingerprint density at radius 2 is 1.97 bits per heavy atom. The molecule has 1 aromatic rings. The first-order valence-corrected chi connectivity index (χ1v) is 12.9. The lowest BCUT2D eigenvalue weighted by Gasteiger charge is -2.33. The number of primary amides is 1. The number of nitrogens with zero attached hydrogens (tertiary/aromatic N) is 2. The maximum atomic E-state index is 13.0. The highest BCUT2D eigenvalue weighted by Crippen LogP contribution is 2.44. The number of nitrogens with two attached hydrogens (primary N) is 2. The monoisotopic (exact) mass is 535 g/mol. The minimum atomic E-state index is -1.34. The van der Waals surface area contributed by atoms with Gasteiger partial charge in [-0.25, -0.2) is 0 Å². The number of nitriles is 1. The summed E-state index contributed by atoms with van der Waals surface area (Å²) in [4.78, 5) is 38.9. The van der Waals surface area contributed by atoms with Crippen molar-refractivity contribution in [2.75, 3.05) is 19.6 Å². The second-order valence-electron chi connectivity index (χ2n) is 9.18. The summed E-state index contributed by atoms with van der Waals surface area (Å²) in [5.74, 6) is -1.68. The molecule has 0 saturated carbocycles. The molecular weight excluding hydrogens is 494 g/mol. The fraction of sp³-hybridized carbons (Fsp3) is 0.400. The molecule has 6 N–H and O–H groups in total. The van der Waals surface area contributed by atoms with Crippen LogP contribution < -0.4 is 16.8 Å². The molecule has 1 aromatic carbocycles. The van der Waals surface area contributed by atoms with Crippen LogP contribution in [0.2, 0.25) is 0 Å². The number of rotatable bonds is 8. The third kappa shape index (κ3) is 7.68. The Morgan fingerprint density at radius 1 is 1.31 bits per heavy atom. The second kappa shape index (κ2) is 15.9. The first-order valence-electron chi connectivity index (χ1n) is 12.9. The molecule has 39 heavy (non-hydrogen) atoms. The quantitative estimate of drug-likeness (QED) is 0.293. The van der Waals surface area contributed by atoms with Gasteiger partial charge in [0.15, 0.2) is 0 Å². The minimum absolute atomic E-state index is 0.0446. The van der Waals surface area contributed by atoms with E-state index < -0.39 is 17.3 Å². The van der Waals surface area contributed by atoms with E-state index in [1.165, 1.54) is 6.20 Å². The van der Waals surface area contributed by atoms with Crippen LogP contribution in [0.3, 0.4) is 0 Å². The maximum absolute atomic E-state index is 13.0. The molecule has 1 fully saturated rings. The Hall–Kier alpha value is -4.16. The lowest BCUT2D eigenvalue weighted by molar-refractivity contribution is -0.142. The Bertz CT molecular complexity index is 1150. The molecule has 3 rings (SSSR count). The van der Waals surface area contributed by atoms with Gasteiger partial charge < -0.3 is 26.8 Å². The molecule has 2 atom stereocenters. The highest BCUT2D eigenvalue weighted by molar-refractivity contribution is 5.94. The number of benzene rings is 1. The highest BCUT2D eigenvalue weighted by Gasteiger charge is 2.46. The van der Waals surface area contributed by atoms with Gasteiger partial charge in [-0.05, 0) is 87.5 Å². The normalized spacial score (nSPS) is 19.9. The van der Waals surface area contributed by atoms with Crippen molar-refractivity contribution in [3.8, 4) is 6.07 Å². The van der Waals surface area contributed by atoms with Gasteiger partial charge in [0, 0.05) is 12.1 Å². The zero-order chi connectivity index (χ0) is 29.6. The zero-order valence-electron chi connectivity index (χ0n) is 23.0. The van der Waals surface area contributed by atoms with Crippen molar-refractivity contribution >= 4 is 17.8 Å². The summed E-state index contributed by atoms with van der Waals surface area (Å²) in [6.07, 6.45) is 7.93. The maximum Gasteiger partial charge on any atom is 0.318 e. The summed E-state index contributed by atoms with van der Waals surface area (Å²) in [6, 6.07) is 6.77. The largest absolute Gasteiger partial charge is 0.480 e. The standard InChI is InChI=1S/C26H32N4O4.C2H5N.C2H4/c1-3-5-21-17(2)7-8-18-14-19(24(28)32)9-10-22(18)26(21,25(33)34)11-12-29-16-23(31)30-13-4-6-20(30)15-27;1-2-3;1-2/h3,5,9-10,14,20,29H,4,6-8,11-13,16H2,1-2H3,(H2,28,32)(H,33,34);2H,1,3H2;1-2H2/b5-3-;;. The molecule has 9 nitrogen and oxygen atoms in total. The molecule has 0 bridgehead atoms. The molecule has 1 heterocycles. The van der Waals surface area contributed by atoms with E-state index >= 15 is 0 Å². The van der Waals surface area contributed by atoms with Crippen LogP contribution in [0.5, 0.6) is 0 Å². The number of hydrogen-bond donors (Lipinski definition) is 4. The Kier molecular flexibility index (Phi) is 13.4. The average Bonchev–Trinajstić information content (AvgIpc) is 3.37. The van der Waals surface area contributed by atoms with E-state index in [4.69, 9.17) is 5.73 Å². The molecule has 0 spiro atoms. The predicted octanol–water partition coefficient (Wildman–Crippen LogP) is 3.33. The molecule has 0 radical (unpaired) electrons. The molecule has 210 valence electrons. The van der Waals surface area contributed by atoms with Gasteiger partial charge in [0.05, 0.1) is 12.6 Å². The summed E-state index contributed by atoms with van der Waals surface area (Å²) in [5, 5.41) is 22.9. The molecular formula is C30H41N5O4. The van der Waals surface area contributed by atoms with Crippen molar-refractivity contribution in [3.05, 3.63) is 84.1 Å². The van der Waals surface area contributed by atoms with Crippen LogP contribution in [0.25, 0.3) is 0 Å². The fourth-order valence-electron chi connectivity index (χ4n) is 5.17. The van der Waals surface area contributed by atoms with Crippen molar-refractivity contribution in [1.29, 1.82) is 5.26 Å². The molecule has 2 aliphatic rings. The number of carboxylic acids is 1. The molecule has 1 aliphatic carbocycles. The van der Waals surface area contributed by atoms with Crippen molar-refractivity contribution in [2.24, 2.45) is 11.5 Å². The fourth-order valence-corrected chi connectivity index (χ4v) is 5.17. The SMILES string of the molecule is C/C=C\C1=C(C)CCc2cc(C(N)=O)ccc2C1(CCNCC(=O)N1CCCC1C#N)C(=O)O.C=C.C=CN. The molecule has 9 heteroatoms. The average molecular weight is 536 g/mol. The van der Waals surface area contributed by atoms with Gasteiger partial charge in [0.2, 0.25) is 11.8 Å². The number of carbonyl (C=O) groups is 3. The molecule has 2 amide bonds. The first kappa shape index (κ1) is 32.9. The number of aryl methyl sites for hydroxylation is 1. The van der Waals surface area contributed by atoms with Crippen LogP contribution in [0.4, 0.5) is 0 Å². The van der Waals surface area contributed by atoms with Crippen LogP contribution in [0.15, 0.2) is 67.4 Å². The van der Waals surface area contributed by atoms with E-state index in [0.717, 1.165) is 23.1 Å². The van der Waals surface area contributed by atoms with Crippen LogP contribution in [-0.2, 0) is 21.4 Å². The van der Waals surface area contributed by atoms with E-state index in [-0.39, 0.29) is 31.5 Å². The van der Waals surface area contributed by atoms with Gasteiger partial charge in [-0.1, -0.05) is 30.4 Å². The van der Waals surface area contributed by atoms with E-state index in [1.807, 2.05) is 26.0 Å². The highest BCUT2D eigenvalue weighted by atomic mass is 16.4. The summed E-state index contributed by atoms with van der Waals surface area (Å²) >= 11 is 0. The summed E-state index contributed by atoms with van der Waals surface area (Å²) in [7, 11) is 0. The third-order valence-electron chi connectivity index (χ3n) is 6.91. The van der Waals surface area contributed by atoms with E-state index in [9.17, 15) is 24.8 Å². The van der Waals surface area contributed by atoms with Crippen LogP contribution in [-0.4, -0.2) is 53.5 Å². The van der Waals surface area contributed by atoms with Gasteiger partial charge in [0.25, 0.3) is 0 Å². The number of aliphatic carboxylic acids is 1. The number of carbonyl (C=O) groups excluding carboxylic acids is 2. The summed E-state index contributed by atoms with van der Waals surface area (Å²) in [6.45, 7) is 13.8. The van der Waals surface area contributed by atoms with Gasteiger partial charge in [-0.15, -0.1) is 13.2 Å². The second-order valence-corrected chi connectivity index (χ2v) is 9.18. The van der Waals surface area contributed by atoms with E-state index in [1.54, 1.807) is 23.1 Å². The lowest BCUT2D eigenvalue weighted by atomic mass is 9.69. The number of amides is 2. The first-order chi connectivity index (χ1) is 18.7. The van der Waals surface area contributed by atoms with E-state index in [0.29, 0.717) is 36.9 Å². The van der Waals surface area contributed by atoms with Crippen molar-refractivity contribution < 1.29 is 19.5 Å². The van der Waals surface area contributed by atoms with Gasteiger partial charge in [-0.3, -0.25) is 14.4 Å². The van der Waals surface area contributed by atoms with Crippen molar-refractivity contribution in [3.63, 3.8) is 0 Å². The molecule has 2 unspecified atom stereocenters. The third-order valence-corrected chi connectivity index (χ3v) is 6.91. The summed E-state index contributed by atoms with van der Waals surface area (Å²) < 4.78 is 0. The number of fused-ring (bicyclic) bond motifs is 1. The number of nitrogens with one attached hydrogen (secondary N) is 1. The number of carboxylic acid groups (broad SMARTS) is 1. The van der Waals surface area contributed by atoms with Gasteiger partial charge in [0.1, 0.15) is 11.5 Å². The van der Waals surface area contributed by atoms with E-state index in [2.05, 4.69) is 36.9 Å². The predicted molar refractivity (Wildman–Crippen MR) is 154 cm³/mol. The Morgan fingerprint density at radius 3 is 2.54 bits per heavy atom. The molecule has 1 aliphatic heterocycles. The Balaban J connectivity index is 0.00000142. The molecule has 0 aromatic heterocycles. The molecule has 1 saturated heterocycles. The van der Waals surface area contributed by atoms with Crippen molar-refractivity contribution in [1.82, 2.24) is 10.2 Å².